The molecule has 0 spiro atoms. The first-order chi connectivity index (χ1) is 14.1. The number of rotatable bonds is 12. The van der Waals surface area contributed by atoms with Gasteiger partial charge in [0.05, 0.1) is 10.8 Å². The fourth-order valence-electron chi connectivity index (χ4n) is 3.07. The zero-order valence-corrected chi connectivity index (χ0v) is 16.4. The monoisotopic (exact) mass is 393 g/mol. The number of unbranched alkanes of at least 4 members (excludes halogenated alkanes) is 2. The molecule has 1 unspecified atom stereocenters. The standard InChI is InChI=1S/C24H27NO4/c26-24(27)22(14-8-2-6-12-20-10-4-1-5-11-20)15-9-3-7-13-21-16-18-23(19-17-21)25(28)29/h1,4-7,10-13,16-19,22H,2-3,8-9,14-15H2,(H,26,27). The predicted octanol–water partition coefficient (Wildman–Crippen LogP) is 6.36. The van der Waals surface area contributed by atoms with Crippen molar-refractivity contribution < 1.29 is 14.8 Å². The summed E-state index contributed by atoms with van der Waals surface area (Å²) in [7, 11) is 0. The van der Waals surface area contributed by atoms with E-state index in [0.717, 1.165) is 36.8 Å². The molecule has 0 aliphatic rings. The van der Waals surface area contributed by atoms with Crippen LogP contribution in [0.15, 0.2) is 66.7 Å². The number of benzene rings is 2. The van der Waals surface area contributed by atoms with Gasteiger partial charge in [0.15, 0.2) is 0 Å². The molecule has 2 aromatic rings. The molecule has 0 heterocycles. The summed E-state index contributed by atoms with van der Waals surface area (Å²) >= 11 is 0. The average Bonchev–Trinajstić information content (AvgIpc) is 2.72. The summed E-state index contributed by atoms with van der Waals surface area (Å²) in [6.07, 6.45) is 12.7. The number of allylic oxidation sites excluding steroid dienone is 2. The maximum absolute atomic E-state index is 11.5. The highest BCUT2D eigenvalue weighted by Gasteiger charge is 2.15. The Morgan fingerprint density at radius 3 is 1.90 bits per heavy atom. The molecule has 5 heteroatoms. The number of hydrogen-bond acceptors (Lipinski definition) is 3. The lowest BCUT2D eigenvalue weighted by atomic mass is 9.95. The number of carboxylic acids is 1. The third-order valence-corrected chi connectivity index (χ3v) is 4.72. The number of nitro benzene ring substituents is 1. The zero-order valence-electron chi connectivity index (χ0n) is 16.4. The van der Waals surface area contributed by atoms with Gasteiger partial charge in [0.1, 0.15) is 0 Å². The van der Waals surface area contributed by atoms with Crippen LogP contribution in [0, 0.1) is 16.0 Å². The van der Waals surface area contributed by atoms with Crippen LogP contribution in [0.25, 0.3) is 12.2 Å². The van der Waals surface area contributed by atoms with Crippen molar-refractivity contribution >= 4 is 23.8 Å². The molecular formula is C24H27NO4. The van der Waals surface area contributed by atoms with E-state index in [-0.39, 0.29) is 11.6 Å². The van der Waals surface area contributed by atoms with E-state index < -0.39 is 10.9 Å². The van der Waals surface area contributed by atoms with Gasteiger partial charge in [0.2, 0.25) is 0 Å². The molecule has 0 fully saturated rings. The Labute approximate surface area is 171 Å². The van der Waals surface area contributed by atoms with Crippen LogP contribution in [0.5, 0.6) is 0 Å². The van der Waals surface area contributed by atoms with E-state index >= 15 is 0 Å². The summed E-state index contributed by atoms with van der Waals surface area (Å²) in [5.41, 5.74) is 2.13. The molecule has 2 aromatic carbocycles. The lowest BCUT2D eigenvalue weighted by Crippen LogP contribution is -2.13. The molecule has 29 heavy (non-hydrogen) atoms. The Bertz CT molecular complexity index is 826. The average molecular weight is 393 g/mol. The van der Waals surface area contributed by atoms with E-state index in [1.807, 2.05) is 42.5 Å². The first kappa shape index (κ1) is 22.1. The third-order valence-electron chi connectivity index (χ3n) is 4.72. The van der Waals surface area contributed by atoms with E-state index in [4.69, 9.17) is 0 Å². The molecule has 5 nitrogen and oxygen atoms in total. The lowest BCUT2D eigenvalue weighted by molar-refractivity contribution is -0.384. The van der Waals surface area contributed by atoms with Crippen LogP contribution in [0.4, 0.5) is 5.69 Å². The molecule has 152 valence electrons. The fraction of sp³-hybridized carbons (Fsp3) is 0.292. The van der Waals surface area contributed by atoms with Gasteiger partial charge >= 0.3 is 5.97 Å². The maximum Gasteiger partial charge on any atom is 0.306 e. The maximum atomic E-state index is 11.5. The molecule has 1 N–H and O–H groups in total. The molecule has 0 amide bonds. The van der Waals surface area contributed by atoms with Crippen LogP contribution in [-0.4, -0.2) is 16.0 Å². The molecule has 0 bridgehead atoms. The third kappa shape index (κ3) is 8.56. The smallest absolute Gasteiger partial charge is 0.306 e. The van der Waals surface area contributed by atoms with Crippen LogP contribution in [0.2, 0.25) is 0 Å². The zero-order chi connectivity index (χ0) is 20.9. The predicted molar refractivity (Wildman–Crippen MR) is 116 cm³/mol. The van der Waals surface area contributed by atoms with Gasteiger partial charge in [-0.25, -0.2) is 0 Å². The van der Waals surface area contributed by atoms with Gasteiger partial charge in [-0.05, 0) is 61.8 Å². The molecule has 2 rings (SSSR count). The van der Waals surface area contributed by atoms with Crippen LogP contribution in [-0.2, 0) is 4.79 Å². The number of carboxylic acid groups (broad SMARTS) is 1. The van der Waals surface area contributed by atoms with Crippen molar-refractivity contribution in [3.8, 4) is 0 Å². The first-order valence-electron chi connectivity index (χ1n) is 9.91. The number of carbonyl (C=O) groups is 1. The summed E-state index contributed by atoms with van der Waals surface area (Å²) in [4.78, 5) is 21.7. The number of hydrogen-bond donors (Lipinski definition) is 1. The number of nitrogens with zero attached hydrogens (tertiary/aromatic N) is 1. The second-order valence-corrected chi connectivity index (χ2v) is 6.96. The van der Waals surface area contributed by atoms with Gasteiger partial charge in [0, 0.05) is 12.1 Å². The molecule has 0 saturated carbocycles. The Morgan fingerprint density at radius 2 is 1.41 bits per heavy atom. The minimum atomic E-state index is -0.726. The highest BCUT2D eigenvalue weighted by atomic mass is 16.6. The SMILES string of the molecule is O=C(O)C(CCCC=Cc1ccccc1)CCCC=Cc1ccc([N+](=O)[O-])cc1. The molecule has 0 saturated heterocycles. The van der Waals surface area contributed by atoms with Crippen molar-refractivity contribution in [1.82, 2.24) is 0 Å². The van der Waals surface area contributed by atoms with Gasteiger partial charge in [-0.15, -0.1) is 0 Å². The van der Waals surface area contributed by atoms with Crippen molar-refractivity contribution in [3.05, 3.63) is 88.0 Å². The minimum absolute atomic E-state index is 0.0741. The van der Waals surface area contributed by atoms with Crippen LogP contribution in [0.3, 0.4) is 0 Å². The summed E-state index contributed by atoms with van der Waals surface area (Å²) in [6.45, 7) is 0. The van der Waals surface area contributed by atoms with E-state index in [1.54, 1.807) is 12.1 Å². The molecule has 0 radical (unpaired) electrons. The normalized spacial score (nSPS) is 12.4. The van der Waals surface area contributed by atoms with E-state index in [1.165, 1.54) is 12.1 Å². The van der Waals surface area contributed by atoms with E-state index in [0.29, 0.717) is 12.8 Å². The molecule has 0 aromatic heterocycles. The molecular weight excluding hydrogens is 366 g/mol. The highest BCUT2D eigenvalue weighted by molar-refractivity contribution is 5.69. The Hall–Kier alpha value is -3.21. The Morgan fingerprint density at radius 1 is 0.897 bits per heavy atom. The quantitative estimate of drug-likeness (QED) is 0.258. The Kier molecular flexibility index (Phi) is 9.36. The van der Waals surface area contributed by atoms with E-state index in [2.05, 4.69) is 12.2 Å². The molecule has 1 atom stereocenters. The van der Waals surface area contributed by atoms with Crippen molar-refractivity contribution in [2.75, 3.05) is 0 Å². The van der Waals surface area contributed by atoms with Crippen molar-refractivity contribution in [2.24, 2.45) is 5.92 Å². The molecule has 0 aliphatic heterocycles. The lowest BCUT2D eigenvalue weighted by Gasteiger charge is -2.10. The van der Waals surface area contributed by atoms with Crippen molar-refractivity contribution in [3.63, 3.8) is 0 Å². The van der Waals surface area contributed by atoms with Gasteiger partial charge in [-0.1, -0.05) is 54.6 Å². The van der Waals surface area contributed by atoms with Crippen LogP contribution >= 0.6 is 0 Å². The van der Waals surface area contributed by atoms with Crippen LogP contribution in [0.1, 0.15) is 49.7 Å². The largest absolute Gasteiger partial charge is 0.481 e. The number of nitro groups is 1. The van der Waals surface area contributed by atoms with Gasteiger partial charge in [0.25, 0.3) is 5.69 Å². The fourth-order valence-corrected chi connectivity index (χ4v) is 3.07. The van der Waals surface area contributed by atoms with Crippen molar-refractivity contribution in [2.45, 2.75) is 38.5 Å². The molecule has 0 aliphatic carbocycles. The van der Waals surface area contributed by atoms with Gasteiger partial charge < -0.3 is 5.11 Å². The van der Waals surface area contributed by atoms with Crippen LogP contribution < -0.4 is 0 Å². The summed E-state index contributed by atoms with van der Waals surface area (Å²) in [5, 5.41) is 20.1. The highest BCUT2D eigenvalue weighted by Crippen LogP contribution is 2.18. The van der Waals surface area contributed by atoms with Gasteiger partial charge in [-0.3, -0.25) is 14.9 Å². The van der Waals surface area contributed by atoms with Crippen molar-refractivity contribution in [1.29, 1.82) is 0 Å². The second-order valence-electron chi connectivity index (χ2n) is 6.96. The first-order valence-corrected chi connectivity index (χ1v) is 9.91. The number of aliphatic carboxylic acids is 1. The number of non-ortho nitro benzene ring substituents is 1. The summed E-state index contributed by atoms with van der Waals surface area (Å²) in [5.74, 6) is -1.04. The topological polar surface area (TPSA) is 80.4 Å². The van der Waals surface area contributed by atoms with E-state index in [9.17, 15) is 20.0 Å². The second kappa shape index (κ2) is 12.3. The minimum Gasteiger partial charge on any atom is -0.481 e. The van der Waals surface area contributed by atoms with Gasteiger partial charge in [-0.2, -0.15) is 0 Å². The summed E-state index contributed by atoms with van der Waals surface area (Å²) < 4.78 is 0. The summed E-state index contributed by atoms with van der Waals surface area (Å²) in [6, 6.07) is 16.4. The Balaban J connectivity index is 1.67.